The Bertz CT molecular complexity index is 710. The van der Waals surface area contributed by atoms with Crippen LogP contribution in [0.25, 0.3) is 0 Å². The van der Waals surface area contributed by atoms with E-state index in [-0.39, 0.29) is 11.9 Å². The fraction of sp³-hybridized carbons (Fsp3) is 0.421. The van der Waals surface area contributed by atoms with Gasteiger partial charge in [-0.15, -0.1) is 0 Å². The molecule has 0 bridgehead atoms. The second-order valence-corrected chi connectivity index (χ2v) is 6.24. The second-order valence-electron chi connectivity index (χ2n) is 6.24. The maximum atomic E-state index is 12.9. The third-order valence-corrected chi connectivity index (χ3v) is 4.39. The van der Waals surface area contributed by atoms with E-state index in [1.165, 1.54) is 0 Å². The first-order valence-corrected chi connectivity index (χ1v) is 8.29. The first kappa shape index (κ1) is 16.6. The van der Waals surface area contributed by atoms with Crippen LogP contribution in [-0.2, 0) is 16.6 Å². The summed E-state index contributed by atoms with van der Waals surface area (Å²) in [6.07, 6.45) is 1.45. The van der Waals surface area contributed by atoms with Crippen molar-refractivity contribution in [1.82, 2.24) is 9.47 Å². The molecule has 0 saturated carbocycles. The minimum absolute atomic E-state index is 0.00833. The number of aryl methyl sites for hydroxylation is 2. The van der Waals surface area contributed by atoms with E-state index < -0.39 is 6.10 Å². The predicted octanol–water partition coefficient (Wildman–Crippen LogP) is 2.70. The van der Waals surface area contributed by atoms with Crippen LogP contribution < -0.4 is 4.74 Å². The van der Waals surface area contributed by atoms with Crippen molar-refractivity contribution >= 4 is 5.91 Å². The van der Waals surface area contributed by atoms with Gasteiger partial charge < -0.3 is 18.9 Å². The highest BCUT2D eigenvalue weighted by molar-refractivity contribution is 5.81. The molecule has 1 aliphatic rings. The lowest BCUT2D eigenvalue weighted by molar-refractivity contribution is -0.147. The minimum atomic E-state index is -0.535. The number of benzene rings is 1. The summed E-state index contributed by atoms with van der Waals surface area (Å²) in [4.78, 5) is 14.8. The summed E-state index contributed by atoms with van der Waals surface area (Å²) in [5.74, 6) is 0.713. The minimum Gasteiger partial charge on any atom is -0.481 e. The zero-order valence-corrected chi connectivity index (χ0v) is 14.4. The normalized spacial score (nSPS) is 19.1. The number of hydrogen-bond donors (Lipinski definition) is 0. The number of ether oxygens (including phenoxy) is 2. The monoisotopic (exact) mass is 328 g/mol. The summed E-state index contributed by atoms with van der Waals surface area (Å²) in [6, 6.07) is 11.7. The molecule has 0 aliphatic carbocycles. The van der Waals surface area contributed by atoms with E-state index in [4.69, 9.17) is 9.47 Å². The first-order chi connectivity index (χ1) is 11.6. The number of carbonyl (C=O) groups excluding carboxylic acids is 1. The van der Waals surface area contributed by atoms with Crippen LogP contribution in [0.15, 0.2) is 42.6 Å². The van der Waals surface area contributed by atoms with E-state index in [9.17, 15) is 4.79 Å². The first-order valence-electron chi connectivity index (χ1n) is 8.29. The number of amides is 1. The Morgan fingerprint density at radius 1 is 1.33 bits per heavy atom. The van der Waals surface area contributed by atoms with Crippen LogP contribution in [0.1, 0.15) is 24.2 Å². The fourth-order valence-corrected chi connectivity index (χ4v) is 3.11. The number of rotatable bonds is 4. The summed E-state index contributed by atoms with van der Waals surface area (Å²) in [5.41, 5.74) is 2.19. The van der Waals surface area contributed by atoms with Crippen LogP contribution in [0.4, 0.5) is 0 Å². The van der Waals surface area contributed by atoms with Crippen molar-refractivity contribution in [1.29, 1.82) is 0 Å². The molecule has 1 aromatic carbocycles. The number of hydrogen-bond acceptors (Lipinski definition) is 3. The summed E-state index contributed by atoms with van der Waals surface area (Å²) < 4.78 is 13.5. The third-order valence-electron chi connectivity index (χ3n) is 4.39. The lowest BCUT2D eigenvalue weighted by Gasteiger charge is -2.37. The Balaban J connectivity index is 1.75. The van der Waals surface area contributed by atoms with Crippen LogP contribution in [0, 0.1) is 6.92 Å². The van der Waals surface area contributed by atoms with Gasteiger partial charge in [0.15, 0.2) is 6.10 Å². The lowest BCUT2D eigenvalue weighted by Crippen LogP contribution is -2.48. The summed E-state index contributed by atoms with van der Waals surface area (Å²) >= 11 is 0. The molecule has 2 aromatic rings. The van der Waals surface area contributed by atoms with E-state index in [0.717, 1.165) is 17.0 Å². The molecule has 1 aliphatic heterocycles. The van der Waals surface area contributed by atoms with Gasteiger partial charge in [-0.25, -0.2) is 0 Å². The molecular formula is C19H24N2O3. The van der Waals surface area contributed by atoms with Gasteiger partial charge in [-0.2, -0.15) is 0 Å². The maximum Gasteiger partial charge on any atom is 0.264 e. The zero-order chi connectivity index (χ0) is 17.1. The highest BCUT2D eigenvalue weighted by Gasteiger charge is 2.33. The molecule has 1 fully saturated rings. The molecule has 2 heterocycles. The van der Waals surface area contributed by atoms with Gasteiger partial charge in [-0.05, 0) is 43.7 Å². The molecule has 2 unspecified atom stereocenters. The van der Waals surface area contributed by atoms with E-state index in [0.29, 0.717) is 19.8 Å². The Morgan fingerprint density at radius 2 is 2.17 bits per heavy atom. The van der Waals surface area contributed by atoms with Crippen molar-refractivity contribution in [3.05, 3.63) is 53.9 Å². The summed E-state index contributed by atoms with van der Waals surface area (Å²) in [6.45, 7) is 5.47. The quantitative estimate of drug-likeness (QED) is 0.867. The van der Waals surface area contributed by atoms with Gasteiger partial charge in [0, 0.05) is 25.5 Å². The number of morpholine rings is 1. The largest absolute Gasteiger partial charge is 0.481 e. The highest BCUT2D eigenvalue weighted by atomic mass is 16.5. The number of carbonyl (C=O) groups is 1. The summed E-state index contributed by atoms with van der Waals surface area (Å²) in [7, 11) is 1.99. The van der Waals surface area contributed by atoms with Crippen LogP contribution in [0.3, 0.4) is 0 Å². The molecule has 2 atom stereocenters. The molecule has 128 valence electrons. The van der Waals surface area contributed by atoms with Crippen molar-refractivity contribution in [2.24, 2.45) is 7.05 Å². The molecule has 1 amide bonds. The lowest BCUT2D eigenvalue weighted by atomic mass is 10.1. The van der Waals surface area contributed by atoms with Gasteiger partial charge in [-0.3, -0.25) is 4.79 Å². The van der Waals surface area contributed by atoms with E-state index in [1.54, 1.807) is 0 Å². The Hall–Kier alpha value is -2.27. The third kappa shape index (κ3) is 3.46. The van der Waals surface area contributed by atoms with Gasteiger partial charge in [0.05, 0.1) is 19.3 Å². The molecule has 1 aromatic heterocycles. The number of nitrogens with zero attached hydrogens (tertiary/aromatic N) is 2. The molecule has 5 nitrogen and oxygen atoms in total. The average molecular weight is 328 g/mol. The van der Waals surface area contributed by atoms with Crippen molar-refractivity contribution in [3.63, 3.8) is 0 Å². The van der Waals surface area contributed by atoms with Gasteiger partial charge in [0.1, 0.15) is 5.75 Å². The predicted molar refractivity (Wildman–Crippen MR) is 92.0 cm³/mol. The topological polar surface area (TPSA) is 43.7 Å². The van der Waals surface area contributed by atoms with Crippen molar-refractivity contribution < 1.29 is 14.3 Å². The Morgan fingerprint density at radius 3 is 2.88 bits per heavy atom. The molecule has 0 radical (unpaired) electrons. The maximum absolute atomic E-state index is 12.9. The molecular weight excluding hydrogens is 304 g/mol. The molecule has 1 saturated heterocycles. The van der Waals surface area contributed by atoms with Crippen LogP contribution in [0.5, 0.6) is 5.75 Å². The van der Waals surface area contributed by atoms with Crippen molar-refractivity contribution in [3.8, 4) is 5.75 Å². The second kappa shape index (κ2) is 7.09. The Kier molecular flexibility index (Phi) is 4.90. The molecule has 0 N–H and O–H groups in total. The number of aromatic nitrogens is 1. The molecule has 0 spiro atoms. The van der Waals surface area contributed by atoms with Gasteiger partial charge in [0.25, 0.3) is 5.91 Å². The molecule has 3 rings (SSSR count). The van der Waals surface area contributed by atoms with Crippen LogP contribution in [-0.4, -0.2) is 41.2 Å². The average Bonchev–Trinajstić information content (AvgIpc) is 3.00. The zero-order valence-electron chi connectivity index (χ0n) is 14.4. The van der Waals surface area contributed by atoms with E-state index in [1.807, 2.05) is 73.0 Å². The van der Waals surface area contributed by atoms with Crippen molar-refractivity contribution in [2.45, 2.75) is 26.0 Å². The van der Waals surface area contributed by atoms with Crippen molar-refractivity contribution in [2.75, 3.05) is 19.8 Å². The van der Waals surface area contributed by atoms with E-state index in [2.05, 4.69) is 0 Å². The van der Waals surface area contributed by atoms with Crippen LogP contribution in [0.2, 0.25) is 0 Å². The Labute approximate surface area is 142 Å². The SMILES string of the molecule is Cc1cccc(OC(C)C(=O)N2CCOCC2c2cccn2C)c1. The van der Waals surface area contributed by atoms with Gasteiger partial charge >= 0.3 is 0 Å². The highest BCUT2D eigenvalue weighted by Crippen LogP contribution is 2.26. The smallest absolute Gasteiger partial charge is 0.264 e. The fourth-order valence-electron chi connectivity index (χ4n) is 3.11. The van der Waals surface area contributed by atoms with E-state index >= 15 is 0 Å². The molecule has 24 heavy (non-hydrogen) atoms. The van der Waals surface area contributed by atoms with Gasteiger partial charge in [-0.1, -0.05) is 12.1 Å². The van der Waals surface area contributed by atoms with Gasteiger partial charge in [0.2, 0.25) is 0 Å². The van der Waals surface area contributed by atoms with Crippen LogP contribution >= 0.6 is 0 Å². The summed E-state index contributed by atoms with van der Waals surface area (Å²) in [5, 5.41) is 0. The molecule has 5 heteroatoms. The standard InChI is InChI=1S/C19H24N2O3/c1-14-6-4-7-16(12-14)24-15(2)19(22)21-10-11-23-13-18(21)17-8-5-9-20(17)3/h4-9,12,15,18H,10-11,13H2,1-3H3.